The standard InChI is InChI=1S/C13H20ClNO3S/c1-4-8-15(5-2)19(16,17)12-6-7-13(18-3)11(9-12)10-14/h6-7,9H,4-5,8,10H2,1-3H3. The topological polar surface area (TPSA) is 46.6 Å². The maximum atomic E-state index is 12.5. The summed E-state index contributed by atoms with van der Waals surface area (Å²) in [5.74, 6) is 0.819. The number of hydrogen-bond acceptors (Lipinski definition) is 3. The molecule has 0 saturated carbocycles. The fourth-order valence-corrected chi connectivity index (χ4v) is 3.67. The van der Waals surface area contributed by atoms with Crippen LogP contribution < -0.4 is 4.74 Å². The molecule has 0 fully saturated rings. The Balaban J connectivity index is 3.21. The third kappa shape index (κ3) is 3.61. The van der Waals surface area contributed by atoms with Gasteiger partial charge >= 0.3 is 0 Å². The Kier molecular flexibility index (Phi) is 6.10. The molecule has 0 aromatic heterocycles. The number of sulfonamides is 1. The fourth-order valence-electron chi connectivity index (χ4n) is 1.87. The van der Waals surface area contributed by atoms with Gasteiger partial charge in [0.2, 0.25) is 10.0 Å². The van der Waals surface area contributed by atoms with Crippen LogP contribution in [0.2, 0.25) is 0 Å². The molecule has 0 aliphatic heterocycles. The number of hydrogen-bond donors (Lipinski definition) is 0. The number of ether oxygens (including phenoxy) is 1. The van der Waals surface area contributed by atoms with Gasteiger partial charge in [0.05, 0.1) is 17.9 Å². The van der Waals surface area contributed by atoms with Crippen LogP contribution in [0.1, 0.15) is 25.8 Å². The maximum Gasteiger partial charge on any atom is 0.243 e. The van der Waals surface area contributed by atoms with Gasteiger partial charge in [-0.15, -0.1) is 11.6 Å². The lowest BCUT2D eigenvalue weighted by atomic mass is 10.2. The van der Waals surface area contributed by atoms with Crippen LogP contribution >= 0.6 is 11.6 Å². The highest BCUT2D eigenvalue weighted by atomic mass is 35.5. The lowest BCUT2D eigenvalue weighted by Gasteiger charge is -2.20. The Hall–Kier alpha value is -0.780. The maximum absolute atomic E-state index is 12.5. The zero-order valence-corrected chi connectivity index (χ0v) is 13.1. The van der Waals surface area contributed by atoms with Crippen LogP contribution in [-0.2, 0) is 15.9 Å². The lowest BCUT2D eigenvalue weighted by molar-refractivity contribution is 0.410. The second-order valence-corrected chi connectivity index (χ2v) is 6.31. The lowest BCUT2D eigenvalue weighted by Crippen LogP contribution is -2.31. The predicted molar refractivity (Wildman–Crippen MR) is 77.3 cm³/mol. The van der Waals surface area contributed by atoms with Crippen molar-refractivity contribution < 1.29 is 13.2 Å². The second kappa shape index (κ2) is 7.12. The molecule has 1 aromatic rings. The van der Waals surface area contributed by atoms with Gasteiger partial charge < -0.3 is 4.74 Å². The number of alkyl halides is 1. The molecule has 0 amide bonds. The van der Waals surface area contributed by atoms with Crippen molar-refractivity contribution in [1.82, 2.24) is 4.31 Å². The number of methoxy groups -OCH3 is 1. The summed E-state index contributed by atoms with van der Waals surface area (Å²) >= 11 is 5.82. The molecule has 0 N–H and O–H groups in total. The summed E-state index contributed by atoms with van der Waals surface area (Å²) in [6.07, 6.45) is 0.783. The quantitative estimate of drug-likeness (QED) is 0.728. The molecule has 4 nitrogen and oxygen atoms in total. The first-order chi connectivity index (χ1) is 9.01. The molecule has 0 heterocycles. The minimum Gasteiger partial charge on any atom is -0.496 e. The molecule has 0 bridgehead atoms. The normalized spacial score (nSPS) is 11.8. The van der Waals surface area contributed by atoms with Crippen molar-refractivity contribution in [2.75, 3.05) is 20.2 Å². The SMILES string of the molecule is CCCN(CC)S(=O)(=O)c1ccc(OC)c(CCl)c1. The van der Waals surface area contributed by atoms with Crippen molar-refractivity contribution >= 4 is 21.6 Å². The summed E-state index contributed by atoms with van der Waals surface area (Å²) in [5, 5.41) is 0. The highest BCUT2D eigenvalue weighted by Crippen LogP contribution is 2.25. The molecule has 19 heavy (non-hydrogen) atoms. The minimum absolute atomic E-state index is 0.215. The summed E-state index contributed by atoms with van der Waals surface area (Å²) in [6, 6.07) is 4.78. The van der Waals surface area contributed by atoms with Crippen molar-refractivity contribution in [1.29, 1.82) is 0 Å². The Morgan fingerprint density at radius 3 is 2.47 bits per heavy atom. The highest BCUT2D eigenvalue weighted by Gasteiger charge is 2.23. The van der Waals surface area contributed by atoms with Gasteiger partial charge in [-0.25, -0.2) is 8.42 Å². The first-order valence-electron chi connectivity index (χ1n) is 6.24. The number of halogens is 1. The van der Waals surface area contributed by atoms with Gasteiger partial charge in [-0.05, 0) is 24.6 Å². The monoisotopic (exact) mass is 305 g/mol. The molecule has 0 atom stereocenters. The van der Waals surface area contributed by atoms with Crippen LogP contribution in [0.3, 0.4) is 0 Å². The first kappa shape index (κ1) is 16.3. The summed E-state index contributed by atoms with van der Waals surface area (Å²) in [4.78, 5) is 0.263. The van der Waals surface area contributed by atoms with Crippen molar-refractivity contribution in [3.8, 4) is 5.75 Å². The number of nitrogens with zero attached hydrogens (tertiary/aromatic N) is 1. The number of benzene rings is 1. The smallest absolute Gasteiger partial charge is 0.243 e. The molecule has 0 radical (unpaired) electrons. The van der Waals surface area contributed by atoms with Gasteiger partial charge in [-0.2, -0.15) is 4.31 Å². The first-order valence-corrected chi connectivity index (χ1v) is 8.21. The van der Waals surface area contributed by atoms with E-state index in [0.717, 1.165) is 6.42 Å². The van der Waals surface area contributed by atoms with Crippen LogP contribution in [-0.4, -0.2) is 32.9 Å². The van der Waals surface area contributed by atoms with Gasteiger partial charge in [-0.3, -0.25) is 0 Å². The van der Waals surface area contributed by atoms with Gasteiger partial charge in [0, 0.05) is 18.7 Å². The third-order valence-corrected chi connectivity index (χ3v) is 5.12. The molecule has 0 aliphatic rings. The number of rotatable bonds is 7. The van der Waals surface area contributed by atoms with E-state index in [1.807, 2.05) is 13.8 Å². The molecule has 1 aromatic carbocycles. The van der Waals surface area contributed by atoms with E-state index in [0.29, 0.717) is 24.4 Å². The van der Waals surface area contributed by atoms with Gasteiger partial charge in [0.1, 0.15) is 5.75 Å². The van der Waals surface area contributed by atoms with E-state index in [9.17, 15) is 8.42 Å². The molecular formula is C13H20ClNO3S. The summed E-state index contributed by atoms with van der Waals surface area (Å²) in [6.45, 7) is 4.76. The molecule has 1 rings (SSSR count). The van der Waals surface area contributed by atoms with E-state index in [-0.39, 0.29) is 10.8 Å². The van der Waals surface area contributed by atoms with E-state index in [2.05, 4.69) is 0 Å². The van der Waals surface area contributed by atoms with E-state index in [1.54, 1.807) is 18.2 Å². The van der Waals surface area contributed by atoms with E-state index in [4.69, 9.17) is 16.3 Å². The average molecular weight is 306 g/mol. The van der Waals surface area contributed by atoms with Crippen LogP contribution in [0.25, 0.3) is 0 Å². The Labute approximate surface area is 120 Å². The predicted octanol–water partition coefficient (Wildman–Crippen LogP) is 2.85. The van der Waals surface area contributed by atoms with Crippen molar-refractivity contribution in [3.63, 3.8) is 0 Å². The molecular weight excluding hydrogens is 286 g/mol. The zero-order chi connectivity index (χ0) is 14.5. The Bertz CT molecular complexity index is 517. The summed E-state index contributed by atoms with van der Waals surface area (Å²) < 4.78 is 31.5. The Morgan fingerprint density at radius 1 is 1.32 bits per heavy atom. The van der Waals surface area contributed by atoms with Crippen molar-refractivity contribution in [2.24, 2.45) is 0 Å². The van der Waals surface area contributed by atoms with E-state index < -0.39 is 10.0 Å². The summed E-state index contributed by atoms with van der Waals surface area (Å²) in [7, 11) is -1.92. The average Bonchev–Trinajstić information content (AvgIpc) is 2.43. The van der Waals surface area contributed by atoms with Gasteiger partial charge in [0.25, 0.3) is 0 Å². The molecule has 0 aliphatic carbocycles. The molecule has 0 unspecified atom stereocenters. The van der Waals surface area contributed by atoms with Gasteiger partial charge in [0.15, 0.2) is 0 Å². The van der Waals surface area contributed by atoms with Crippen LogP contribution in [0.4, 0.5) is 0 Å². The van der Waals surface area contributed by atoms with Crippen LogP contribution in [0, 0.1) is 0 Å². The third-order valence-electron chi connectivity index (χ3n) is 2.86. The van der Waals surface area contributed by atoms with E-state index in [1.165, 1.54) is 11.4 Å². The van der Waals surface area contributed by atoms with Crippen LogP contribution in [0.5, 0.6) is 5.75 Å². The van der Waals surface area contributed by atoms with Crippen LogP contribution in [0.15, 0.2) is 23.1 Å². The largest absolute Gasteiger partial charge is 0.496 e. The molecule has 6 heteroatoms. The molecule has 0 saturated heterocycles. The van der Waals surface area contributed by atoms with Crippen molar-refractivity contribution in [2.45, 2.75) is 31.0 Å². The minimum atomic E-state index is -3.45. The highest BCUT2D eigenvalue weighted by molar-refractivity contribution is 7.89. The van der Waals surface area contributed by atoms with E-state index >= 15 is 0 Å². The molecule has 0 spiro atoms. The zero-order valence-electron chi connectivity index (χ0n) is 11.5. The second-order valence-electron chi connectivity index (χ2n) is 4.10. The summed E-state index contributed by atoms with van der Waals surface area (Å²) in [5.41, 5.74) is 0.679. The Morgan fingerprint density at radius 2 is 2.00 bits per heavy atom. The van der Waals surface area contributed by atoms with Gasteiger partial charge in [-0.1, -0.05) is 13.8 Å². The fraction of sp³-hybridized carbons (Fsp3) is 0.538. The van der Waals surface area contributed by atoms with Crippen molar-refractivity contribution in [3.05, 3.63) is 23.8 Å². The molecule has 108 valence electrons.